The van der Waals surface area contributed by atoms with E-state index >= 15 is 0 Å². The minimum atomic E-state index is -0.979. The van der Waals surface area contributed by atoms with Gasteiger partial charge in [0.05, 0.1) is 13.7 Å². The first kappa shape index (κ1) is 22.0. The second-order valence-electron chi connectivity index (χ2n) is 8.24. The van der Waals surface area contributed by atoms with Crippen LogP contribution in [0.25, 0.3) is 0 Å². The van der Waals surface area contributed by atoms with E-state index in [2.05, 4.69) is 19.1 Å². The average Bonchev–Trinajstić information content (AvgIpc) is 2.71. The van der Waals surface area contributed by atoms with Gasteiger partial charge in [-0.25, -0.2) is 0 Å². The molecular weight excluding hydrogens is 346 g/mol. The summed E-state index contributed by atoms with van der Waals surface area (Å²) >= 11 is 0. The van der Waals surface area contributed by atoms with E-state index in [1.807, 2.05) is 0 Å². The summed E-state index contributed by atoms with van der Waals surface area (Å²) in [6.45, 7) is 5.46. The first-order valence-electron chi connectivity index (χ1n) is 10.5. The van der Waals surface area contributed by atoms with E-state index in [1.54, 1.807) is 0 Å². The number of ether oxygens (including phenoxy) is 2. The molecule has 0 N–H and O–H groups in total. The standard InChI is InChI=1S/C23H36F2O2/c1-5-6-18-7-11-20(12-8-18)21-13-9-19(10-14-21)15-27-17(3)23(25)22(24)16(2)26-4/h5-6,18-21H,7-15H2,1-4H3/b6-5+,22-16-,23-17-. The average molecular weight is 383 g/mol. The molecule has 2 aliphatic rings. The van der Waals surface area contributed by atoms with Crippen molar-refractivity contribution in [1.82, 2.24) is 0 Å². The van der Waals surface area contributed by atoms with Crippen LogP contribution in [-0.2, 0) is 9.47 Å². The predicted octanol–water partition coefficient (Wildman–Crippen LogP) is 7.24. The monoisotopic (exact) mass is 382 g/mol. The zero-order chi connectivity index (χ0) is 19.8. The second-order valence-corrected chi connectivity index (χ2v) is 8.24. The van der Waals surface area contributed by atoms with Gasteiger partial charge in [-0.05, 0) is 95.8 Å². The van der Waals surface area contributed by atoms with Gasteiger partial charge in [0, 0.05) is 0 Å². The lowest BCUT2D eigenvalue weighted by Crippen LogP contribution is -2.26. The highest BCUT2D eigenvalue weighted by Crippen LogP contribution is 2.41. The third-order valence-corrected chi connectivity index (χ3v) is 6.49. The van der Waals surface area contributed by atoms with Gasteiger partial charge in [0.1, 0.15) is 11.5 Å². The SMILES string of the molecule is C/C=C/C1CCC(C2CCC(CO/C(C)=C(F)/C(F)=C(\C)OC)CC2)CC1. The molecular formula is C23H36F2O2. The van der Waals surface area contributed by atoms with Crippen LogP contribution in [0.1, 0.15) is 72.1 Å². The fraction of sp³-hybridized carbons (Fsp3) is 0.739. The highest BCUT2D eigenvalue weighted by Gasteiger charge is 2.30. The summed E-state index contributed by atoms with van der Waals surface area (Å²) in [7, 11) is 1.32. The third kappa shape index (κ3) is 6.36. The van der Waals surface area contributed by atoms with Crippen molar-refractivity contribution in [3.05, 3.63) is 35.3 Å². The van der Waals surface area contributed by atoms with E-state index in [4.69, 9.17) is 9.47 Å². The third-order valence-electron chi connectivity index (χ3n) is 6.49. The smallest absolute Gasteiger partial charge is 0.199 e. The second kappa shape index (κ2) is 10.9. The van der Waals surface area contributed by atoms with Crippen molar-refractivity contribution in [1.29, 1.82) is 0 Å². The molecule has 0 amide bonds. The van der Waals surface area contributed by atoms with Gasteiger partial charge in [-0.15, -0.1) is 0 Å². The Hall–Kier alpha value is -1.32. The normalized spacial score (nSPS) is 31.3. The first-order chi connectivity index (χ1) is 13.0. The molecule has 2 saturated carbocycles. The Balaban J connectivity index is 1.75. The predicted molar refractivity (Wildman–Crippen MR) is 106 cm³/mol. The lowest BCUT2D eigenvalue weighted by molar-refractivity contribution is 0.0992. The van der Waals surface area contributed by atoms with Gasteiger partial charge in [-0.2, -0.15) is 8.78 Å². The van der Waals surface area contributed by atoms with Crippen LogP contribution in [0.5, 0.6) is 0 Å². The summed E-state index contributed by atoms with van der Waals surface area (Å²) in [5.41, 5.74) is 0. The fourth-order valence-corrected chi connectivity index (χ4v) is 4.61. The summed E-state index contributed by atoms with van der Waals surface area (Å²) in [5, 5.41) is 0. The Kier molecular flexibility index (Phi) is 8.85. The van der Waals surface area contributed by atoms with Crippen LogP contribution in [0, 0.1) is 23.7 Å². The molecule has 0 aromatic carbocycles. The molecule has 2 aliphatic carbocycles. The highest BCUT2D eigenvalue weighted by atomic mass is 19.2. The lowest BCUT2D eigenvalue weighted by atomic mass is 9.69. The lowest BCUT2D eigenvalue weighted by Gasteiger charge is -2.37. The molecule has 0 aliphatic heterocycles. The van der Waals surface area contributed by atoms with Crippen LogP contribution in [0.15, 0.2) is 35.3 Å². The summed E-state index contributed by atoms with van der Waals surface area (Å²) in [6.07, 6.45) is 14.7. The van der Waals surface area contributed by atoms with Gasteiger partial charge in [0.2, 0.25) is 0 Å². The molecule has 0 spiro atoms. The van der Waals surface area contributed by atoms with Crippen LogP contribution >= 0.6 is 0 Å². The fourth-order valence-electron chi connectivity index (χ4n) is 4.61. The van der Waals surface area contributed by atoms with Gasteiger partial charge in [-0.3, -0.25) is 0 Å². The molecule has 0 aromatic rings. The zero-order valence-corrected chi connectivity index (χ0v) is 17.4. The molecule has 0 aromatic heterocycles. The maximum Gasteiger partial charge on any atom is 0.199 e. The molecule has 2 fully saturated rings. The molecule has 0 bridgehead atoms. The summed E-state index contributed by atoms with van der Waals surface area (Å²) in [4.78, 5) is 0. The molecule has 27 heavy (non-hydrogen) atoms. The van der Waals surface area contributed by atoms with Crippen molar-refractivity contribution in [3.63, 3.8) is 0 Å². The van der Waals surface area contributed by atoms with Gasteiger partial charge in [0.15, 0.2) is 11.7 Å². The number of halogens is 2. The maximum atomic E-state index is 14.0. The number of hydrogen-bond donors (Lipinski definition) is 0. The van der Waals surface area contributed by atoms with E-state index in [9.17, 15) is 8.78 Å². The number of hydrogen-bond acceptors (Lipinski definition) is 2. The zero-order valence-electron chi connectivity index (χ0n) is 17.4. The van der Waals surface area contributed by atoms with E-state index in [0.29, 0.717) is 12.5 Å². The van der Waals surface area contributed by atoms with Crippen LogP contribution in [0.2, 0.25) is 0 Å². The molecule has 0 unspecified atom stereocenters. The van der Waals surface area contributed by atoms with Crippen molar-refractivity contribution in [2.24, 2.45) is 23.7 Å². The van der Waals surface area contributed by atoms with Crippen molar-refractivity contribution < 1.29 is 18.3 Å². The van der Waals surface area contributed by atoms with Crippen LogP contribution < -0.4 is 0 Å². The minimum Gasteiger partial charge on any atom is -0.498 e. The van der Waals surface area contributed by atoms with E-state index in [1.165, 1.54) is 59.5 Å². The van der Waals surface area contributed by atoms with Gasteiger partial charge in [-0.1, -0.05) is 12.2 Å². The van der Waals surface area contributed by atoms with E-state index in [-0.39, 0.29) is 11.5 Å². The van der Waals surface area contributed by atoms with Crippen molar-refractivity contribution >= 4 is 0 Å². The number of methoxy groups -OCH3 is 1. The quantitative estimate of drug-likeness (QED) is 0.262. The van der Waals surface area contributed by atoms with Gasteiger partial charge >= 0.3 is 0 Å². The maximum absolute atomic E-state index is 14.0. The Morgan fingerprint density at radius 2 is 1.37 bits per heavy atom. The minimum absolute atomic E-state index is 0.00771. The number of allylic oxidation sites excluding steroid dienone is 6. The molecule has 154 valence electrons. The van der Waals surface area contributed by atoms with Gasteiger partial charge < -0.3 is 9.47 Å². The molecule has 2 nitrogen and oxygen atoms in total. The van der Waals surface area contributed by atoms with Crippen LogP contribution in [-0.4, -0.2) is 13.7 Å². The molecule has 0 atom stereocenters. The molecule has 0 heterocycles. The Bertz CT molecular complexity index is 549. The Morgan fingerprint density at radius 3 is 1.89 bits per heavy atom. The van der Waals surface area contributed by atoms with Crippen molar-refractivity contribution in [2.75, 3.05) is 13.7 Å². The number of rotatable bonds is 7. The molecule has 0 saturated heterocycles. The van der Waals surface area contributed by atoms with Crippen molar-refractivity contribution in [3.8, 4) is 0 Å². The Morgan fingerprint density at radius 1 is 0.852 bits per heavy atom. The first-order valence-corrected chi connectivity index (χ1v) is 10.5. The Labute approximate surface area is 163 Å². The van der Waals surface area contributed by atoms with E-state index in [0.717, 1.165) is 30.6 Å². The van der Waals surface area contributed by atoms with Crippen LogP contribution in [0.3, 0.4) is 0 Å². The largest absolute Gasteiger partial charge is 0.498 e. The highest BCUT2D eigenvalue weighted by molar-refractivity contribution is 5.23. The van der Waals surface area contributed by atoms with E-state index < -0.39 is 11.7 Å². The summed E-state index contributed by atoms with van der Waals surface area (Å²) < 4.78 is 38.1. The summed E-state index contributed by atoms with van der Waals surface area (Å²) in [6, 6.07) is 0. The summed E-state index contributed by atoms with van der Waals surface area (Å²) in [5.74, 6) is 0.951. The van der Waals surface area contributed by atoms with Crippen LogP contribution in [0.4, 0.5) is 8.78 Å². The topological polar surface area (TPSA) is 18.5 Å². The van der Waals surface area contributed by atoms with Crippen molar-refractivity contribution in [2.45, 2.75) is 72.1 Å². The molecule has 0 radical (unpaired) electrons. The molecule has 4 heteroatoms. The van der Waals surface area contributed by atoms with Gasteiger partial charge in [0.25, 0.3) is 0 Å². The molecule has 2 rings (SSSR count).